The number of alkyl carbamates (subject to hydrolysis) is 1. The standard InChI is InChI=1S/C43H58N6O4/c1-8-25-45-27-35(44)29-11-13-30(14-12-29)36-23-24-37(49(36)34-21-17-32(18-22-34)43(4,5)6)31-15-19-33(20-16-31)46-40(50)38-10-9-26-48(38)41(51)39(28(2)3)47-42(52)53-7/h11-22,27-28,36-39,45H,8-10,23-26,44H2,1-7H3,(H,46,50)(H,47,52)/b35-27-/t36-,37-,38-,39-/m0/s1. The Morgan fingerprint density at radius 3 is 2.06 bits per heavy atom. The van der Waals surface area contributed by atoms with Gasteiger partial charge in [0, 0.05) is 30.7 Å². The summed E-state index contributed by atoms with van der Waals surface area (Å²) in [6, 6.07) is 24.6. The monoisotopic (exact) mass is 722 g/mol. The molecule has 3 amide bonds. The van der Waals surface area contributed by atoms with Gasteiger partial charge in [0.05, 0.1) is 24.9 Å². The number of nitrogens with two attached hydrogens (primary N) is 1. The Balaban J connectivity index is 1.35. The highest BCUT2D eigenvalue weighted by atomic mass is 16.5. The van der Waals surface area contributed by atoms with E-state index in [4.69, 9.17) is 10.5 Å². The molecule has 2 fully saturated rings. The number of nitrogens with one attached hydrogen (secondary N) is 3. The van der Waals surface area contributed by atoms with Gasteiger partial charge in [0.1, 0.15) is 12.1 Å². The summed E-state index contributed by atoms with van der Waals surface area (Å²) in [6.45, 7) is 13.9. The van der Waals surface area contributed by atoms with Crippen LogP contribution in [-0.2, 0) is 19.7 Å². The van der Waals surface area contributed by atoms with E-state index in [1.807, 2.05) is 32.2 Å². The number of rotatable bonds is 12. The highest BCUT2D eigenvalue weighted by Gasteiger charge is 2.39. The molecule has 284 valence electrons. The van der Waals surface area contributed by atoms with Crippen molar-refractivity contribution in [3.63, 3.8) is 0 Å². The summed E-state index contributed by atoms with van der Waals surface area (Å²) in [6.07, 6.45) is 5.48. The highest BCUT2D eigenvalue weighted by Crippen LogP contribution is 2.47. The molecular formula is C43H58N6O4. The van der Waals surface area contributed by atoms with Crippen LogP contribution < -0.4 is 26.6 Å². The van der Waals surface area contributed by atoms with E-state index >= 15 is 0 Å². The second-order valence-electron chi connectivity index (χ2n) is 15.6. The molecule has 2 heterocycles. The van der Waals surface area contributed by atoms with Crippen LogP contribution in [0.4, 0.5) is 16.2 Å². The number of likely N-dealkylation sites (tertiary alicyclic amines) is 1. The second kappa shape index (κ2) is 17.2. The van der Waals surface area contributed by atoms with E-state index in [9.17, 15) is 14.4 Å². The minimum absolute atomic E-state index is 0.0524. The Kier molecular flexibility index (Phi) is 12.7. The number of ether oxygens (including phenoxy) is 1. The fourth-order valence-corrected chi connectivity index (χ4v) is 7.46. The van der Waals surface area contributed by atoms with Crippen molar-refractivity contribution in [1.82, 2.24) is 15.5 Å². The number of nitrogens with zero attached hydrogens (tertiary/aromatic N) is 2. The molecule has 0 radical (unpaired) electrons. The number of methoxy groups -OCH3 is 1. The fraction of sp³-hybridized carbons (Fsp3) is 0.465. The summed E-state index contributed by atoms with van der Waals surface area (Å²) in [5.74, 6) is -0.674. The van der Waals surface area contributed by atoms with Crippen LogP contribution in [0.15, 0.2) is 79.0 Å². The van der Waals surface area contributed by atoms with Gasteiger partial charge >= 0.3 is 6.09 Å². The van der Waals surface area contributed by atoms with Crippen molar-refractivity contribution in [2.75, 3.05) is 30.4 Å². The maximum atomic E-state index is 13.6. The number of carbonyl (C=O) groups is 3. The third-order valence-corrected chi connectivity index (χ3v) is 10.5. The lowest BCUT2D eigenvalue weighted by Crippen LogP contribution is -2.54. The van der Waals surface area contributed by atoms with Crippen molar-refractivity contribution in [2.24, 2.45) is 11.7 Å². The fourth-order valence-electron chi connectivity index (χ4n) is 7.46. The molecular weight excluding hydrogens is 665 g/mol. The molecule has 0 unspecified atom stereocenters. The zero-order valence-corrected chi connectivity index (χ0v) is 32.4. The predicted octanol–water partition coefficient (Wildman–Crippen LogP) is 7.63. The van der Waals surface area contributed by atoms with Gasteiger partial charge in [-0.2, -0.15) is 0 Å². The summed E-state index contributed by atoms with van der Waals surface area (Å²) in [5, 5.41) is 8.97. The van der Waals surface area contributed by atoms with Crippen LogP contribution >= 0.6 is 0 Å². The van der Waals surface area contributed by atoms with Crippen LogP contribution in [0.5, 0.6) is 0 Å². The van der Waals surface area contributed by atoms with E-state index < -0.39 is 18.2 Å². The van der Waals surface area contributed by atoms with Crippen LogP contribution in [0, 0.1) is 5.92 Å². The Labute approximate surface area is 315 Å². The lowest BCUT2D eigenvalue weighted by Gasteiger charge is -2.34. The first-order valence-electron chi connectivity index (χ1n) is 19.1. The molecule has 53 heavy (non-hydrogen) atoms. The Bertz CT molecular complexity index is 1730. The summed E-state index contributed by atoms with van der Waals surface area (Å²) in [4.78, 5) is 43.1. The molecule has 0 aromatic heterocycles. The summed E-state index contributed by atoms with van der Waals surface area (Å²) >= 11 is 0. The second-order valence-corrected chi connectivity index (χ2v) is 15.6. The molecule has 2 aliphatic heterocycles. The molecule has 0 bridgehead atoms. The van der Waals surface area contributed by atoms with Gasteiger partial charge in [0.25, 0.3) is 0 Å². The molecule has 10 heteroatoms. The molecule has 5 N–H and O–H groups in total. The predicted molar refractivity (Wildman–Crippen MR) is 213 cm³/mol. The van der Waals surface area contributed by atoms with Gasteiger partial charge in [-0.1, -0.05) is 90.1 Å². The zero-order valence-electron chi connectivity index (χ0n) is 32.4. The van der Waals surface area contributed by atoms with Crippen molar-refractivity contribution < 1.29 is 19.1 Å². The van der Waals surface area contributed by atoms with Crippen LogP contribution in [0.3, 0.4) is 0 Å². The highest BCUT2D eigenvalue weighted by molar-refractivity contribution is 5.98. The average Bonchev–Trinajstić information content (AvgIpc) is 3.82. The molecule has 2 saturated heterocycles. The van der Waals surface area contributed by atoms with E-state index in [1.165, 1.54) is 29.5 Å². The van der Waals surface area contributed by atoms with E-state index in [2.05, 4.69) is 109 Å². The van der Waals surface area contributed by atoms with Crippen molar-refractivity contribution in [2.45, 2.75) is 103 Å². The van der Waals surface area contributed by atoms with Crippen LogP contribution in [-0.4, -0.2) is 55.1 Å². The number of amides is 3. The molecule has 0 spiro atoms. The van der Waals surface area contributed by atoms with Gasteiger partial charge in [-0.15, -0.1) is 0 Å². The SMILES string of the molecule is CCCN/C=C(\N)c1ccc([C@@H]2CC[C@@H](c3ccc(NC(=O)[C@@H]4CCCN4C(=O)[C@@H](NC(=O)OC)C(C)C)cc3)N2c2ccc(C(C)(C)C)cc2)cc1. The summed E-state index contributed by atoms with van der Waals surface area (Å²) in [7, 11) is 1.27. The quantitative estimate of drug-likeness (QED) is 0.142. The van der Waals surface area contributed by atoms with Crippen molar-refractivity contribution in [1.29, 1.82) is 0 Å². The number of anilines is 2. The summed E-state index contributed by atoms with van der Waals surface area (Å²) in [5.41, 5.74) is 13.7. The van der Waals surface area contributed by atoms with Gasteiger partial charge in [-0.3, -0.25) is 9.59 Å². The third-order valence-electron chi connectivity index (χ3n) is 10.5. The lowest BCUT2D eigenvalue weighted by atomic mass is 9.87. The van der Waals surface area contributed by atoms with E-state index in [0.717, 1.165) is 37.1 Å². The molecule has 3 aromatic rings. The van der Waals surface area contributed by atoms with E-state index in [0.29, 0.717) is 25.1 Å². The van der Waals surface area contributed by atoms with Gasteiger partial charge in [-0.05, 0) is 90.0 Å². The first-order valence-corrected chi connectivity index (χ1v) is 19.1. The van der Waals surface area contributed by atoms with Crippen LogP contribution in [0.25, 0.3) is 5.70 Å². The van der Waals surface area contributed by atoms with Gasteiger partial charge < -0.3 is 36.2 Å². The normalized spacial score (nSPS) is 19.6. The summed E-state index contributed by atoms with van der Waals surface area (Å²) < 4.78 is 4.73. The topological polar surface area (TPSA) is 129 Å². The lowest BCUT2D eigenvalue weighted by molar-refractivity contribution is -0.139. The number of carbonyl (C=O) groups excluding carboxylic acids is 3. The maximum absolute atomic E-state index is 13.6. The average molecular weight is 723 g/mol. The zero-order chi connectivity index (χ0) is 38.3. The number of hydrogen-bond acceptors (Lipinski definition) is 7. The molecule has 4 atom stereocenters. The van der Waals surface area contributed by atoms with E-state index in [-0.39, 0.29) is 35.2 Å². The number of benzene rings is 3. The molecule has 2 aliphatic rings. The molecule has 0 saturated carbocycles. The minimum atomic E-state index is -0.779. The Morgan fingerprint density at radius 2 is 1.51 bits per heavy atom. The minimum Gasteiger partial charge on any atom is -0.453 e. The largest absolute Gasteiger partial charge is 0.453 e. The smallest absolute Gasteiger partial charge is 0.407 e. The van der Waals surface area contributed by atoms with Gasteiger partial charge in [-0.25, -0.2) is 4.79 Å². The Morgan fingerprint density at radius 1 is 0.906 bits per heavy atom. The van der Waals surface area contributed by atoms with Crippen molar-refractivity contribution in [3.05, 3.63) is 101 Å². The van der Waals surface area contributed by atoms with Gasteiger partial charge in [0.15, 0.2) is 0 Å². The van der Waals surface area contributed by atoms with Crippen LogP contribution in [0.1, 0.15) is 108 Å². The molecule has 3 aromatic carbocycles. The molecule has 0 aliphatic carbocycles. The Hall–Kier alpha value is -4.99. The third kappa shape index (κ3) is 9.33. The van der Waals surface area contributed by atoms with E-state index in [1.54, 1.807) is 4.90 Å². The number of hydrogen-bond donors (Lipinski definition) is 4. The van der Waals surface area contributed by atoms with Crippen LogP contribution in [0.2, 0.25) is 0 Å². The molecule has 10 nitrogen and oxygen atoms in total. The van der Waals surface area contributed by atoms with Crippen molar-refractivity contribution in [3.8, 4) is 0 Å². The maximum Gasteiger partial charge on any atom is 0.407 e. The molecule has 5 rings (SSSR count). The first-order chi connectivity index (χ1) is 25.3. The van der Waals surface area contributed by atoms with Crippen molar-refractivity contribution >= 4 is 35.0 Å². The van der Waals surface area contributed by atoms with Gasteiger partial charge in [0.2, 0.25) is 11.8 Å². The first kappa shape index (κ1) is 39.2.